The number of benzene rings is 10. The van der Waals surface area contributed by atoms with Crippen molar-refractivity contribution >= 4 is 51.2 Å². The lowest BCUT2D eigenvalue weighted by atomic mass is 10.4. The molecule has 0 aromatic heterocycles. The summed E-state index contributed by atoms with van der Waals surface area (Å²) in [4.78, 5) is 0. The first kappa shape index (κ1) is 86.8. The number of halogens is 5. The Kier molecular flexibility index (Phi) is 63.9. The van der Waals surface area contributed by atoms with Gasteiger partial charge in [-0.05, 0) is 167 Å². The molecule has 0 fully saturated rings. The van der Waals surface area contributed by atoms with Crippen LogP contribution in [0.3, 0.4) is 0 Å². The third-order valence-electron chi connectivity index (χ3n) is 11.7. The first-order valence-corrected chi connectivity index (χ1v) is 50.3. The van der Waals surface area contributed by atoms with Crippen LogP contribution in [0.5, 0.6) is 0 Å². The molecule has 0 bridgehead atoms. The van der Waals surface area contributed by atoms with E-state index in [2.05, 4.69) is 333 Å². The van der Waals surface area contributed by atoms with E-state index < -0.39 is 0 Å². The molecule has 0 aliphatic carbocycles. The van der Waals surface area contributed by atoms with E-state index in [0.29, 0.717) is 0 Å². The van der Waals surface area contributed by atoms with Gasteiger partial charge < -0.3 is 20.1 Å². The molecule has 10 aromatic carbocycles. The number of hydrogen-bond acceptors (Lipinski definition) is 4. The lowest BCUT2D eigenvalue weighted by molar-refractivity contribution is -0.597. The molecule has 0 amide bonds. The molecular weight excluding hydrogens is 1770 g/mol. The van der Waals surface area contributed by atoms with Crippen LogP contribution < -0.4 is 117 Å². The Hall–Kier alpha value is -3.23. The van der Waals surface area contributed by atoms with Crippen LogP contribution in [0.1, 0.15) is 39.5 Å². The van der Waals surface area contributed by atoms with Gasteiger partial charge in [0.15, 0.2) is 35.7 Å². The third-order valence-corrected chi connectivity index (χ3v) is 28.8. The fourth-order valence-corrected chi connectivity index (χ4v) is 18.9. The highest BCUT2D eigenvalue weighted by atomic mass is 127. The van der Waals surface area contributed by atoms with E-state index in [-0.39, 0.29) is 106 Å². The van der Waals surface area contributed by atoms with Gasteiger partial charge in [0.25, 0.3) is 0 Å². The molecule has 10 aromatic rings. The summed E-state index contributed by atoms with van der Waals surface area (Å²) >= 11 is 0.143. The number of methoxy groups -OCH3 is 2. The summed E-state index contributed by atoms with van der Waals surface area (Å²) < 4.78 is 24.2. The molecule has 92 heavy (non-hydrogen) atoms. The average molecular weight is 1880 g/mol. The van der Waals surface area contributed by atoms with Gasteiger partial charge in [0.05, 0.1) is 0 Å². The Balaban J connectivity index is 0.000000525. The lowest BCUT2D eigenvalue weighted by Gasteiger charge is -1.95. The smallest absolute Gasteiger partial charge is 0.357 e. The Morgan fingerprint density at radius 1 is 0.283 bits per heavy atom. The van der Waals surface area contributed by atoms with Crippen molar-refractivity contribution in [2.75, 3.05) is 53.7 Å². The van der Waals surface area contributed by atoms with Crippen LogP contribution >= 0.6 is 0 Å². The van der Waals surface area contributed by atoms with Crippen molar-refractivity contribution in [2.24, 2.45) is 0 Å². The van der Waals surface area contributed by atoms with E-state index in [1.807, 2.05) is 7.05 Å². The molecular formula is C78H108I5N2O2Si5+5. The molecule has 0 unspecified atom stereocenters. The van der Waals surface area contributed by atoms with Gasteiger partial charge in [-0.1, -0.05) is 226 Å². The predicted octanol–water partition coefficient (Wildman–Crippen LogP) is -2.83. The topological polar surface area (TPSA) is 42.5 Å². The molecule has 0 radical (unpaired) electrons. The molecule has 0 spiro atoms. The maximum Gasteiger partial charge on any atom is 0.357 e. The van der Waals surface area contributed by atoms with Crippen LogP contribution in [0, 0.1) is 35.7 Å². The minimum atomic E-state index is 0.0287. The molecule has 0 saturated carbocycles. The molecule has 4 nitrogen and oxygen atoms in total. The largest absolute Gasteiger partial charge is 0.389 e. The van der Waals surface area contributed by atoms with E-state index in [1.54, 1.807) is 14.2 Å². The van der Waals surface area contributed by atoms with Crippen molar-refractivity contribution in [2.45, 2.75) is 63.7 Å². The van der Waals surface area contributed by atoms with Gasteiger partial charge in [-0.2, -0.15) is 0 Å². The zero-order chi connectivity index (χ0) is 66.7. The van der Waals surface area contributed by atoms with Gasteiger partial charge in [0.2, 0.25) is 0 Å². The maximum atomic E-state index is 4.80. The summed E-state index contributed by atoms with van der Waals surface area (Å²) in [5.74, 6) is 0. The summed E-state index contributed by atoms with van der Waals surface area (Å²) in [6.07, 6.45) is 6.33. The Labute approximate surface area is 626 Å². The van der Waals surface area contributed by atoms with Crippen molar-refractivity contribution < 1.29 is 115 Å². The fourth-order valence-electron chi connectivity index (χ4n) is 6.53. The van der Waals surface area contributed by atoms with E-state index in [4.69, 9.17) is 4.74 Å². The van der Waals surface area contributed by atoms with Crippen molar-refractivity contribution in [3.63, 3.8) is 0 Å². The summed E-state index contributed by atoms with van der Waals surface area (Å²) in [7, 11) is 12.1. The number of rotatable bonds is 22. The fraction of sp³-hybridized carbons (Fsp3) is 0.231. The van der Waals surface area contributed by atoms with E-state index in [1.165, 1.54) is 150 Å². The lowest BCUT2D eigenvalue weighted by Crippen LogP contribution is -3.61. The molecule has 0 aliphatic heterocycles. The van der Waals surface area contributed by atoms with E-state index >= 15 is 0 Å². The van der Waals surface area contributed by atoms with Crippen molar-refractivity contribution in [3.05, 3.63) is 339 Å². The Morgan fingerprint density at radius 3 is 0.576 bits per heavy atom. The van der Waals surface area contributed by atoms with Gasteiger partial charge in [0, 0.05) is 78.3 Å². The monoisotopic (exact) mass is 1880 g/mol. The Bertz CT molecular complexity index is 2360. The zero-order valence-electron chi connectivity index (χ0n) is 56.8. The number of nitrogens with one attached hydrogen (secondary N) is 2. The minimum Gasteiger partial charge on any atom is -0.389 e. The van der Waals surface area contributed by atoms with Gasteiger partial charge in [0.1, 0.15) is 0 Å². The Morgan fingerprint density at radius 2 is 0.467 bits per heavy atom. The normalized spacial score (nSPS) is 9.66. The highest BCUT2D eigenvalue weighted by molar-refractivity contribution is 6.09. The van der Waals surface area contributed by atoms with Crippen LogP contribution in [0.2, 0.25) is 24.2 Å². The highest BCUT2D eigenvalue weighted by Crippen LogP contribution is 1.91. The summed E-state index contributed by atoms with van der Waals surface area (Å²) in [6.45, 7) is 8.86. The highest BCUT2D eigenvalue weighted by Gasteiger charge is 2.16. The summed E-state index contributed by atoms with van der Waals surface area (Å²) in [6, 6.07) is 113. The van der Waals surface area contributed by atoms with E-state index in [9.17, 15) is 0 Å². The summed E-state index contributed by atoms with van der Waals surface area (Å²) in [5, 5.41) is 6.36. The molecule has 14 heteroatoms. The molecule has 0 saturated heterocycles. The molecule has 2 N–H and O–H groups in total. The van der Waals surface area contributed by atoms with Crippen LogP contribution in [0.25, 0.3) is 0 Å². The second-order valence-electron chi connectivity index (χ2n) is 19.5. The molecule has 0 heterocycles. The first-order chi connectivity index (χ1) is 45.3. The zero-order valence-corrected chi connectivity index (χ0v) is 77.6. The molecule has 10 rings (SSSR count). The standard InChI is InChI=1S/5C12H10I.C5H15NSi.C4H13NSi.C4H12OSi.C3H10Si.C2H8OSi/c5*1-3-7-11(8-4-1)13-12-9-5-2-6-10-12;1-2-6-4-3-5-7;2*1-5-3-2-4-6;1-2-3-4;1-3-2-4/h5*1-10H;6H,2-5H2,1,7H3;5H,2-4H2,1,6H3;2-4H2,1,6H3;2-3H2,1,4H3;2H2,1,4H3/q5*+1;;;;;. The third kappa shape index (κ3) is 54.0. The van der Waals surface area contributed by atoms with Gasteiger partial charge in [-0.3, -0.25) is 0 Å². The SMILES string of the molecule is CCC[SiH3].CCNCCC[SiH3].CNCCC[SiH3].COCCC[SiH3].COC[SiH3].c1ccc([I+]c2ccccc2)cc1.c1ccc([I+]c2ccccc2)cc1.c1ccc([I+]c2ccccc2)cc1.c1ccc([I+]c2ccccc2)cc1.c1ccc([I+]c2ccccc2)cc1. The maximum absolute atomic E-state index is 4.80. The van der Waals surface area contributed by atoms with Crippen molar-refractivity contribution in [3.8, 4) is 0 Å². The summed E-state index contributed by atoms with van der Waals surface area (Å²) in [5.41, 5.74) is 0. The van der Waals surface area contributed by atoms with Crippen molar-refractivity contribution in [1.82, 2.24) is 10.6 Å². The van der Waals surface area contributed by atoms with Crippen molar-refractivity contribution in [1.29, 1.82) is 0 Å². The number of ether oxygens (including phenoxy) is 2. The van der Waals surface area contributed by atoms with E-state index in [0.717, 1.165) is 19.4 Å². The molecule has 492 valence electrons. The van der Waals surface area contributed by atoms with Crippen LogP contribution in [-0.4, -0.2) is 105 Å². The second kappa shape index (κ2) is 67.7. The average Bonchev–Trinajstić information content (AvgIpc) is 3.44. The first-order valence-electron chi connectivity index (χ1n) is 32.4. The minimum absolute atomic E-state index is 0.0287. The van der Waals surface area contributed by atoms with Gasteiger partial charge in [-0.15, -0.1) is 0 Å². The quantitative estimate of drug-likeness (QED) is 0.0438. The molecule has 0 atom stereocenters. The number of hydrogen-bond donors (Lipinski definition) is 2. The van der Waals surface area contributed by atoms with Crippen LogP contribution in [0.15, 0.2) is 303 Å². The molecule has 0 aliphatic rings. The van der Waals surface area contributed by atoms with Gasteiger partial charge in [-0.25, -0.2) is 0 Å². The second-order valence-corrected chi connectivity index (χ2v) is 39.2. The van der Waals surface area contributed by atoms with Gasteiger partial charge >= 0.3 is 106 Å². The predicted molar refractivity (Wildman–Crippen MR) is 401 cm³/mol. The van der Waals surface area contributed by atoms with Crippen LogP contribution in [-0.2, 0) is 9.47 Å². The van der Waals surface area contributed by atoms with Crippen LogP contribution in [0.4, 0.5) is 0 Å².